The summed E-state index contributed by atoms with van der Waals surface area (Å²) < 4.78 is 10.6. The molecule has 0 saturated carbocycles. The molecule has 0 aliphatic carbocycles. The molecule has 0 atom stereocenters. The van der Waals surface area contributed by atoms with Crippen LogP contribution in [0.1, 0.15) is 33.3 Å². The van der Waals surface area contributed by atoms with Crippen LogP contribution in [0, 0.1) is 0 Å². The average Bonchev–Trinajstić information content (AvgIpc) is 2.72. The van der Waals surface area contributed by atoms with Crippen molar-refractivity contribution in [3.05, 3.63) is 42.0 Å². The monoisotopic (exact) mass is 469 g/mol. The van der Waals surface area contributed by atoms with Gasteiger partial charge < -0.3 is 25.5 Å². The number of carbonyl (C=O) groups excluding carboxylic acids is 1. The van der Waals surface area contributed by atoms with Gasteiger partial charge in [0.1, 0.15) is 17.2 Å². The number of hydrogen-bond donors (Lipinski definition) is 2. The standard InChI is InChI=1S/C24H31N5O3S/c1-15(26-20-12-19(31-5)7-8-21(20)32-6)22(28-25)23(30)27-17-9-16(24(2,3)4)10-18(11-17)29-13-33-14-29/h7-12H,13-14,25H2,1-6H3,(H,27,30)/b26-15?,28-22+. The summed E-state index contributed by atoms with van der Waals surface area (Å²) in [5, 5.41) is 6.67. The molecule has 1 amide bonds. The van der Waals surface area contributed by atoms with E-state index in [0.29, 0.717) is 28.6 Å². The molecule has 33 heavy (non-hydrogen) atoms. The number of nitrogens with zero attached hydrogens (tertiary/aromatic N) is 3. The molecule has 0 aromatic heterocycles. The van der Waals surface area contributed by atoms with Gasteiger partial charge in [0.05, 0.1) is 31.7 Å². The lowest BCUT2D eigenvalue weighted by Crippen LogP contribution is -2.33. The molecule has 0 unspecified atom stereocenters. The molecule has 1 fully saturated rings. The van der Waals surface area contributed by atoms with Crippen LogP contribution in [0.4, 0.5) is 17.1 Å². The van der Waals surface area contributed by atoms with Gasteiger partial charge >= 0.3 is 0 Å². The van der Waals surface area contributed by atoms with Crippen LogP contribution in [0.2, 0.25) is 0 Å². The number of hydrazone groups is 1. The second kappa shape index (κ2) is 10.2. The Hall–Kier alpha value is -3.20. The molecule has 0 radical (unpaired) electrons. The third kappa shape index (κ3) is 5.78. The van der Waals surface area contributed by atoms with Crippen molar-refractivity contribution in [3.8, 4) is 11.5 Å². The topological polar surface area (TPSA) is 102 Å². The molecule has 3 rings (SSSR count). The van der Waals surface area contributed by atoms with E-state index in [1.54, 1.807) is 39.3 Å². The van der Waals surface area contributed by atoms with Crippen LogP contribution in [-0.2, 0) is 10.2 Å². The van der Waals surface area contributed by atoms with Crippen LogP contribution in [0.5, 0.6) is 11.5 Å². The number of methoxy groups -OCH3 is 2. The quantitative estimate of drug-likeness (QED) is 0.351. The number of carbonyl (C=O) groups is 1. The van der Waals surface area contributed by atoms with Crippen LogP contribution in [0.15, 0.2) is 46.5 Å². The predicted molar refractivity (Wildman–Crippen MR) is 138 cm³/mol. The van der Waals surface area contributed by atoms with Crippen molar-refractivity contribution in [1.29, 1.82) is 0 Å². The molecule has 1 aliphatic rings. The summed E-state index contributed by atoms with van der Waals surface area (Å²) >= 11 is 1.86. The van der Waals surface area contributed by atoms with Crippen molar-refractivity contribution in [1.82, 2.24) is 0 Å². The molecule has 2 aromatic rings. The largest absolute Gasteiger partial charge is 0.497 e. The zero-order valence-electron chi connectivity index (χ0n) is 19.9. The smallest absolute Gasteiger partial charge is 0.277 e. The number of amides is 1. The van der Waals surface area contributed by atoms with E-state index in [0.717, 1.165) is 23.0 Å². The molecular formula is C24H31N5O3S. The fourth-order valence-corrected chi connectivity index (χ4v) is 3.92. The van der Waals surface area contributed by atoms with Gasteiger partial charge in [-0.15, -0.1) is 11.8 Å². The number of ether oxygens (including phenoxy) is 2. The fraction of sp³-hybridized carbons (Fsp3) is 0.375. The first-order valence-corrected chi connectivity index (χ1v) is 11.7. The summed E-state index contributed by atoms with van der Waals surface area (Å²) in [7, 11) is 3.12. The van der Waals surface area contributed by atoms with Crippen LogP contribution < -0.4 is 25.5 Å². The maximum atomic E-state index is 13.1. The maximum absolute atomic E-state index is 13.1. The van der Waals surface area contributed by atoms with Crippen molar-refractivity contribution in [2.75, 3.05) is 36.2 Å². The van der Waals surface area contributed by atoms with E-state index in [1.807, 2.05) is 23.9 Å². The Kier molecular flexibility index (Phi) is 7.53. The number of thioether (sulfide) groups is 1. The first-order valence-electron chi connectivity index (χ1n) is 10.5. The number of nitrogens with two attached hydrogens (primary N) is 1. The third-order valence-corrected chi connectivity index (χ3v) is 6.25. The summed E-state index contributed by atoms with van der Waals surface area (Å²) in [6, 6.07) is 11.4. The highest BCUT2D eigenvalue weighted by Crippen LogP contribution is 2.35. The van der Waals surface area contributed by atoms with Crippen molar-refractivity contribution in [3.63, 3.8) is 0 Å². The molecule has 176 valence electrons. The van der Waals surface area contributed by atoms with Crippen molar-refractivity contribution < 1.29 is 14.3 Å². The Morgan fingerprint density at radius 2 is 1.85 bits per heavy atom. The lowest BCUT2D eigenvalue weighted by atomic mass is 9.86. The SMILES string of the molecule is COc1ccc(OC)c(N=C(C)/C(=N\N)C(=O)Nc2cc(N3CSC3)cc(C(C)(C)C)c2)c1. The summed E-state index contributed by atoms with van der Waals surface area (Å²) in [6.45, 7) is 8.12. The Morgan fingerprint density at radius 3 is 2.39 bits per heavy atom. The van der Waals surface area contributed by atoms with E-state index >= 15 is 0 Å². The van der Waals surface area contributed by atoms with Crippen molar-refractivity contribution in [2.24, 2.45) is 15.9 Å². The summed E-state index contributed by atoms with van der Waals surface area (Å²) in [6.07, 6.45) is 0. The molecule has 1 heterocycles. The molecule has 1 aliphatic heterocycles. The third-order valence-electron chi connectivity index (χ3n) is 5.26. The molecule has 2 aromatic carbocycles. The normalized spacial score (nSPS) is 14.5. The van der Waals surface area contributed by atoms with E-state index in [-0.39, 0.29) is 11.1 Å². The first-order chi connectivity index (χ1) is 15.7. The maximum Gasteiger partial charge on any atom is 0.277 e. The zero-order valence-corrected chi connectivity index (χ0v) is 20.7. The van der Waals surface area contributed by atoms with Gasteiger partial charge in [0.15, 0.2) is 5.71 Å². The molecule has 1 saturated heterocycles. The minimum absolute atomic E-state index is 0.0297. The minimum atomic E-state index is -0.435. The molecule has 0 spiro atoms. The van der Waals surface area contributed by atoms with Crippen LogP contribution in [0.3, 0.4) is 0 Å². The highest BCUT2D eigenvalue weighted by molar-refractivity contribution is 8.00. The summed E-state index contributed by atoms with van der Waals surface area (Å²) in [4.78, 5) is 19.9. The van der Waals surface area contributed by atoms with E-state index in [2.05, 4.69) is 47.1 Å². The fourth-order valence-electron chi connectivity index (χ4n) is 3.25. The van der Waals surface area contributed by atoms with Crippen molar-refractivity contribution in [2.45, 2.75) is 33.1 Å². The number of benzene rings is 2. The second-order valence-corrected chi connectivity index (χ2v) is 9.61. The van der Waals surface area contributed by atoms with Gasteiger partial charge in [0.25, 0.3) is 5.91 Å². The van der Waals surface area contributed by atoms with Crippen LogP contribution >= 0.6 is 11.8 Å². The Morgan fingerprint density at radius 1 is 1.12 bits per heavy atom. The highest BCUT2D eigenvalue weighted by Gasteiger charge is 2.22. The second-order valence-electron chi connectivity index (χ2n) is 8.69. The molecule has 3 N–H and O–H groups in total. The Bertz CT molecular complexity index is 1090. The van der Waals surface area contributed by atoms with E-state index < -0.39 is 5.91 Å². The molecule has 9 heteroatoms. The Balaban J connectivity index is 1.89. The lowest BCUT2D eigenvalue weighted by Gasteiger charge is -2.34. The highest BCUT2D eigenvalue weighted by atomic mass is 32.2. The van der Waals surface area contributed by atoms with E-state index in [4.69, 9.17) is 15.3 Å². The van der Waals surface area contributed by atoms with Gasteiger partial charge in [0.2, 0.25) is 0 Å². The number of nitrogens with one attached hydrogen (secondary N) is 1. The van der Waals surface area contributed by atoms with Gasteiger partial charge in [-0.05, 0) is 48.2 Å². The summed E-state index contributed by atoms with van der Waals surface area (Å²) in [5.41, 5.74) is 3.72. The van der Waals surface area contributed by atoms with Crippen molar-refractivity contribution >= 4 is 46.2 Å². The first kappa shape index (κ1) is 24.4. The predicted octanol–water partition coefficient (Wildman–Crippen LogP) is 4.52. The number of anilines is 2. The van der Waals surface area contributed by atoms with Gasteiger partial charge in [-0.25, -0.2) is 4.99 Å². The summed E-state index contributed by atoms with van der Waals surface area (Å²) in [5.74, 6) is 8.19. The molecule has 8 nitrogen and oxygen atoms in total. The van der Waals surface area contributed by atoms with E-state index in [9.17, 15) is 4.79 Å². The minimum Gasteiger partial charge on any atom is -0.497 e. The lowest BCUT2D eigenvalue weighted by molar-refractivity contribution is -0.110. The number of aliphatic imine (C=N–C) groups is 1. The van der Waals surface area contributed by atoms with Crippen LogP contribution in [-0.4, -0.2) is 43.3 Å². The number of rotatable bonds is 7. The van der Waals surface area contributed by atoms with Gasteiger partial charge in [0, 0.05) is 17.4 Å². The average molecular weight is 470 g/mol. The van der Waals surface area contributed by atoms with Gasteiger partial charge in [-0.1, -0.05) is 20.8 Å². The number of hydrogen-bond acceptors (Lipinski definition) is 8. The van der Waals surface area contributed by atoms with Gasteiger partial charge in [-0.3, -0.25) is 4.79 Å². The van der Waals surface area contributed by atoms with Crippen LogP contribution in [0.25, 0.3) is 0 Å². The molecular weight excluding hydrogens is 438 g/mol. The van der Waals surface area contributed by atoms with E-state index in [1.165, 1.54) is 0 Å². The Labute approximate surface area is 199 Å². The van der Waals surface area contributed by atoms with Gasteiger partial charge in [-0.2, -0.15) is 5.10 Å². The zero-order chi connectivity index (χ0) is 24.2. The molecule has 0 bridgehead atoms.